The van der Waals surface area contributed by atoms with Crippen LogP contribution < -0.4 is 5.12 Å². The second-order valence-electron chi connectivity index (χ2n) is 4.86. The maximum atomic E-state index is 14.1. The highest BCUT2D eigenvalue weighted by atomic mass is 19.2. The predicted molar refractivity (Wildman–Crippen MR) is 72.8 cm³/mol. The Labute approximate surface area is 105 Å². The van der Waals surface area contributed by atoms with Crippen LogP contribution in [0.3, 0.4) is 0 Å². The van der Waals surface area contributed by atoms with Gasteiger partial charge in [0.1, 0.15) is 0 Å². The van der Waals surface area contributed by atoms with Crippen molar-refractivity contribution in [3.8, 4) is 0 Å². The summed E-state index contributed by atoms with van der Waals surface area (Å²) in [6.07, 6.45) is 4.76. The van der Waals surface area contributed by atoms with E-state index in [4.69, 9.17) is 0 Å². The molecule has 0 aliphatic rings. The van der Waals surface area contributed by atoms with Gasteiger partial charge in [-0.05, 0) is 31.4 Å². The molecule has 0 N–H and O–H groups in total. The van der Waals surface area contributed by atoms with E-state index in [1.165, 1.54) is 19.3 Å². The first kappa shape index (κ1) is 14.0. The van der Waals surface area contributed by atoms with Crippen LogP contribution in [-0.4, -0.2) is 6.04 Å². The first-order valence-corrected chi connectivity index (χ1v) is 6.66. The third-order valence-corrected chi connectivity index (χ3v) is 3.45. The lowest BCUT2D eigenvalue weighted by Crippen LogP contribution is -2.31. The van der Waals surface area contributed by atoms with Crippen molar-refractivity contribution in [2.45, 2.75) is 52.5 Å². The van der Waals surface area contributed by atoms with Gasteiger partial charge in [0.2, 0.25) is 0 Å². The molecule has 0 amide bonds. The molecule has 96 valence electrons. The highest BCUT2D eigenvalue weighted by Gasteiger charge is 2.20. The first-order chi connectivity index (χ1) is 8.16. The van der Waals surface area contributed by atoms with E-state index < -0.39 is 0 Å². The molecular weight excluding hydrogens is 213 g/mol. The van der Waals surface area contributed by atoms with Crippen LogP contribution in [0.2, 0.25) is 0 Å². The molecule has 0 saturated heterocycles. The number of hydrogen-bond acceptors (Lipinski definition) is 1. The second-order valence-corrected chi connectivity index (χ2v) is 4.86. The Morgan fingerprint density at radius 3 is 2.35 bits per heavy atom. The molecule has 1 rings (SSSR count). The van der Waals surface area contributed by atoms with E-state index in [0.29, 0.717) is 11.6 Å². The molecule has 0 bridgehead atoms. The van der Waals surface area contributed by atoms with Crippen LogP contribution in [0.25, 0.3) is 0 Å². The molecule has 0 radical (unpaired) electrons. The zero-order valence-electron chi connectivity index (χ0n) is 11.2. The van der Waals surface area contributed by atoms with Crippen LogP contribution in [0.15, 0.2) is 30.3 Å². The average molecular weight is 237 g/mol. The van der Waals surface area contributed by atoms with Crippen LogP contribution in [0.1, 0.15) is 46.5 Å². The summed E-state index contributed by atoms with van der Waals surface area (Å²) in [6, 6.07) is 9.22. The lowest BCUT2D eigenvalue weighted by molar-refractivity contribution is 0.300. The van der Waals surface area contributed by atoms with Crippen molar-refractivity contribution in [3.63, 3.8) is 0 Å². The van der Waals surface area contributed by atoms with E-state index in [0.717, 1.165) is 11.5 Å². The largest absolute Gasteiger partial charge is 0.209 e. The fraction of sp³-hybridized carbons (Fsp3) is 0.600. The van der Waals surface area contributed by atoms with Gasteiger partial charge < -0.3 is 0 Å². The van der Waals surface area contributed by atoms with Gasteiger partial charge in [0.05, 0.1) is 11.7 Å². The number of rotatable bonds is 7. The van der Waals surface area contributed by atoms with Gasteiger partial charge in [-0.1, -0.05) is 55.8 Å². The van der Waals surface area contributed by atoms with Crippen LogP contribution in [0.4, 0.5) is 10.2 Å². The minimum atomic E-state index is -0.0609. The minimum absolute atomic E-state index is 0.0609. The van der Waals surface area contributed by atoms with Crippen molar-refractivity contribution in [2.75, 3.05) is 5.12 Å². The first-order valence-electron chi connectivity index (χ1n) is 6.66. The normalized spacial score (nSPS) is 14.4. The van der Waals surface area contributed by atoms with Crippen LogP contribution >= 0.6 is 0 Å². The summed E-state index contributed by atoms with van der Waals surface area (Å²) >= 11 is 0. The topological polar surface area (TPSA) is 3.24 Å². The number of halogens is 1. The van der Waals surface area contributed by atoms with Crippen molar-refractivity contribution in [2.24, 2.45) is 5.92 Å². The van der Waals surface area contributed by atoms with Crippen molar-refractivity contribution in [3.05, 3.63) is 30.3 Å². The van der Waals surface area contributed by atoms with Gasteiger partial charge in [-0.15, -0.1) is 0 Å². The molecule has 0 aliphatic carbocycles. The van der Waals surface area contributed by atoms with Crippen molar-refractivity contribution >= 4 is 5.69 Å². The van der Waals surface area contributed by atoms with E-state index >= 15 is 0 Å². The zero-order chi connectivity index (χ0) is 12.7. The van der Waals surface area contributed by atoms with Crippen molar-refractivity contribution in [1.29, 1.82) is 0 Å². The third-order valence-electron chi connectivity index (χ3n) is 3.45. The molecule has 0 spiro atoms. The molecule has 0 heterocycles. The predicted octanol–water partition coefficient (Wildman–Crippen LogP) is 4.98. The van der Waals surface area contributed by atoms with E-state index in [-0.39, 0.29) is 6.04 Å². The number of hydrogen-bond donors (Lipinski definition) is 0. The molecule has 2 unspecified atom stereocenters. The van der Waals surface area contributed by atoms with E-state index in [1.807, 2.05) is 37.3 Å². The minimum Gasteiger partial charge on any atom is -0.209 e. The third kappa shape index (κ3) is 4.37. The van der Waals surface area contributed by atoms with Gasteiger partial charge in [-0.25, -0.2) is 5.12 Å². The molecule has 0 fully saturated rings. The van der Waals surface area contributed by atoms with Gasteiger partial charge in [0.25, 0.3) is 0 Å². The van der Waals surface area contributed by atoms with Crippen LogP contribution in [-0.2, 0) is 0 Å². The second kappa shape index (κ2) is 7.31. The number of para-hydroxylation sites is 1. The zero-order valence-corrected chi connectivity index (χ0v) is 11.2. The molecule has 17 heavy (non-hydrogen) atoms. The summed E-state index contributed by atoms with van der Waals surface area (Å²) in [5.74, 6) is 0.381. The quantitative estimate of drug-likeness (QED) is 0.477. The monoisotopic (exact) mass is 237 g/mol. The average Bonchev–Trinajstić information content (AvgIpc) is 2.38. The van der Waals surface area contributed by atoms with Gasteiger partial charge in [0.15, 0.2) is 0 Å². The fourth-order valence-electron chi connectivity index (χ4n) is 1.99. The number of unbranched alkanes of at least 4 members (excludes halogenated alkanes) is 2. The molecule has 2 heteroatoms. The Morgan fingerprint density at radius 1 is 1.12 bits per heavy atom. The highest BCUT2D eigenvalue weighted by Crippen LogP contribution is 2.24. The molecule has 0 saturated carbocycles. The molecule has 2 atom stereocenters. The van der Waals surface area contributed by atoms with Gasteiger partial charge in [0, 0.05) is 0 Å². The van der Waals surface area contributed by atoms with Crippen LogP contribution in [0.5, 0.6) is 0 Å². The van der Waals surface area contributed by atoms with E-state index in [1.54, 1.807) is 0 Å². The van der Waals surface area contributed by atoms with Gasteiger partial charge >= 0.3 is 0 Å². The smallest absolute Gasteiger partial charge is 0.0690 e. The molecule has 1 nitrogen and oxygen atoms in total. The molecular formula is C15H24FN. The van der Waals surface area contributed by atoms with E-state index in [9.17, 15) is 4.48 Å². The molecule has 0 aliphatic heterocycles. The number of anilines is 1. The SMILES string of the molecule is CCCCCC(C)C(C)N(F)c1ccccc1. The summed E-state index contributed by atoms with van der Waals surface area (Å²) in [4.78, 5) is 0. The lowest BCUT2D eigenvalue weighted by atomic mass is 9.96. The number of benzene rings is 1. The van der Waals surface area contributed by atoms with Crippen molar-refractivity contribution in [1.82, 2.24) is 0 Å². The standard InChI is InChI=1S/C15H24FN/c1-4-5-7-10-13(2)14(3)17(16)15-11-8-6-9-12-15/h6,8-9,11-14H,4-5,7,10H2,1-3H3. The highest BCUT2D eigenvalue weighted by molar-refractivity contribution is 5.43. The number of nitrogens with zero attached hydrogens (tertiary/aromatic N) is 1. The van der Waals surface area contributed by atoms with Gasteiger partial charge in [-0.3, -0.25) is 0 Å². The molecule has 1 aromatic rings. The fourth-order valence-corrected chi connectivity index (χ4v) is 1.99. The summed E-state index contributed by atoms with van der Waals surface area (Å²) in [5, 5.41) is 0.899. The summed E-state index contributed by atoms with van der Waals surface area (Å²) in [5.41, 5.74) is 0.655. The summed E-state index contributed by atoms with van der Waals surface area (Å²) in [7, 11) is 0. The Morgan fingerprint density at radius 2 is 1.76 bits per heavy atom. The molecule has 0 aromatic heterocycles. The summed E-state index contributed by atoms with van der Waals surface area (Å²) < 4.78 is 14.1. The maximum absolute atomic E-state index is 14.1. The lowest BCUT2D eigenvalue weighted by Gasteiger charge is -2.27. The van der Waals surface area contributed by atoms with Crippen molar-refractivity contribution < 1.29 is 4.48 Å². The van der Waals surface area contributed by atoms with E-state index in [2.05, 4.69) is 13.8 Å². The van der Waals surface area contributed by atoms with Crippen LogP contribution in [0, 0.1) is 5.92 Å². The van der Waals surface area contributed by atoms with Gasteiger partial charge in [-0.2, -0.15) is 0 Å². The summed E-state index contributed by atoms with van der Waals surface area (Å²) in [6.45, 7) is 6.29. The Hall–Kier alpha value is -1.05. The maximum Gasteiger partial charge on any atom is 0.0690 e. The Balaban J connectivity index is 2.48. The Bertz CT molecular complexity index is 299. The molecule has 1 aromatic carbocycles. The Kier molecular flexibility index (Phi) is 6.03.